The number of allylic oxidation sites excluding steroid dienone is 2. The molecule has 0 fully saturated rings. The minimum Gasteiger partial charge on any atom is -0.508 e. The van der Waals surface area contributed by atoms with E-state index in [1.807, 2.05) is 0 Å². The van der Waals surface area contributed by atoms with E-state index in [2.05, 4.69) is 13.2 Å². The van der Waals surface area contributed by atoms with Crippen molar-refractivity contribution in [2.75, 3.05) is 0 Å². The zero-order chi connectivity index (χ0) is 16.1. The van der Waals surface area contributed by atoms with E-state index in [0.29, 0.717) is 11.1 Å². The van der Waals surface area contributed by atoms with E-state index >= 15 is 0 Å². The second-order valence-electron chi connectivity index (χ2n) is 5.02. The molecule has 0 bridgehead atoms. The average molecular weight is 294 g/mol. The zero-order valence-electron chi connectivity index (χ0n) is 12.1. The molecule has 3 heteroatoms. The summed E-state index contributed by atoms with van der Waals surface area (Å²) < 4.78 is 0. The van der Waals surface area contributed by atoms with Gasteiger partial charge < -0.3 is 10.2 Å². The van der Waals surface area contributed by atoms with Gasteiger partial charge in [0.2, 0.25) is 0 Å². The lowest BCUT2D eigenvalue weighted by Gasteiger charge is -2.18. The topological polar surface area (TPSA) is 57.5 Å². The summed E-state index contributed by atoms with van der Waals surface area (Å²) in [6, 6.07) is 13.1. The first kappa shape index (κ1) is 15.6. The fourth-order valence-electron chi connectivity index (χ4n) is 2.46. The maximum atomic E-state index is 12.8. The van der Waals surface area contributed by atoms with Gasteiger partial charge in [0.05, 0.1) is 11.8 Å². The molecule has 2 atom stereocenters. The van der Waals surface area contributed by atoms with Gasteiger partial charge in [-0.2, -0.15) is 0 Å². The third-order valence-electron chi connectivity index (χ3n) is 3.54. The number of ketones is 1. The van der Waals surface area contributed by atoms with Crippen molar-refractivity contribution >= 4 is 5.78 Å². The second-order valence-corrected chi connectivity index (χ2v) is 5.02. The van der Waals surface area contributed by atoms with Crippen LogP contribution < -0.4 is 0 Å². The van der Waals surface area contributed by atoms with Crippen LogP contribution in [0.25, 0.3) is 0 Å². The van der Waals surface area contributed by atoms with Crippen molar-refractivity contribution < 1.29 is 15.0 Å². The number of aromatic hydroxyl groups is 2. The van der Waals surface area contributed by atoms with Gasteiger partial charge in [0.25, 0.3) is 0 Å². The Morgan fingerprint density at radius 1 is 0.864 bits per heavy atom. The molecule has 112 valence electrons. The Hall–Kier alpha value is -2.81. The quantitative estimate of drug-likeness (QED) is 0.794. The van der Waals surface area contributed by atoms with Crippen LogP contribution in [0, 0.1) is 0 Å². The highest BCUT2D eigenvalue weighted by molar-refractivity contribution is 5.94. The number of phenols is 2. The number of carbonyl (C=O) groups is 1. The molecule has 0 radical (unpaired) electrons. The van der Waals surface area contributed by atoms with Crippen LogP contribution in [-0.2, 0) is 4.79 Å². The van der Waals surface area contributed by atoms with Gasteiger partial charge in [-0.15, -0.1) is 13.2 Å². The smallest absolute Gasteiger partial charge is 0.155 e. The minimum atomic E-state index is -0.558. The van der Waals surface area contributed by atoms with E-state index in [4.69, 9.17) is 0 Å². The number of hydrogen-bond donors (Lipinski definition) is 2. The number of carbonyl (C=O) groups excluding carboxylic acids is 1. The molecule has 0 saturated heterocycles. The molecule has 0 aromatic heterocycles. The third kappa shape index (κ3) is 3.26. The molecule has 0 aliphatic carbocycles. The highest BCUT2D eigenvalue weighted by Gasteiger charge is 2.25. The van der Waals surface area contributed by atoms with E-state index in [1.54, 1.807) is 60.7 Å². The first-order valence-corrected chi connectivity index (χ1v) is 6.93. The molecule has 22 heavy (non-hydrogen) atoms. The fraction of sp³-hybridized carbons (Fsp3) is 0.105. The molecule has 2 N–H and O–H groups in total. The van der Waals surface area contributed by atoms with Crippen molar-refractivity contribution in [1.82, 2.24) is 0 Å². The highest BCUT2D eigenvalue weighted by atomic mass is 16.3. The second kappa shape index (κ2) is 6.76. The molecule has 2 unspecified atom stereocenters. The monoisotopic (exact) mass is 294 g/mol. The van der Waals surface area contributed by atoms with Crippen LogP contribution in [0.4, 0.5) is 0 Å². The van der Waals surface area contributed by atoms with E-state index in [0.717, 1.165) is 0 Å². The average Bonchev–Trinajstić information content (AvgIpc) is 2.49. The Morgan fingerprint density at radius 3 is 1.59 bits per heavy atom. The fourth-order valence-corrected chi connectivity index (χ4v) is 2.46. The summed E-state index contributed by atoms with van der Waals surface area (Å²) >= 11 is 0. The molecule has 3 nitrogen and oxygen atoms in total. The van der Waals surface area contributed by atoms with Gasteiger partial charge in [0.15, 0.2) is 5.78 Å². The summed E-state index contributed by atoms with van der Waals surface area (Å²) in [6.45, 7) is 7.46. The maximum absolute atomic E-state index is 12.8. The first-order chi connectivity index (χ1) is 10.6. The van der Waals surface area contributed by atoms with Crippen molar-refractivity contribution in [1.29, 1.82) is 0 Å². The SMILES string of the molecule is C=CC(C(=O)C(C=C)c1cccc(O)c1)c1cccc(O)c1. The van der Waals surface area contributed by atoms with E-state index in [-0.39, 0.29) is 17.3 Å². The number of hydrogen-bond acceptors (Lipinski definition) is 3. The van der Waals surface area contributed by atoms with E-state index in [9.17, 15) is 15.0 Å². The molecule has 0 saturated carbocycles. The Kier molecular flexibility index (Phi) is 4.79. The molecule has 2 aromatic carbocycles. The largest absolute Gasteiger partial charge is 0.508 e. The van der Waals surface area contributed by atoms with Gasteiger partial charge in [-0.3, -0.25) is 4.79 Å². The van der Waals surface area contributed by atoms with E-state index < -0.39 is 11.8 Å². The molecular formula is C19H18O3. The maximum Gasteiger partial charge on any atom is 0.155 e. The van der Waals surface area contributed by atoms with Crippen molar-refractivity contribution in [3.63, 3.8) is 0 Å². The van der Waals surface area contributed by atoms with Crippen LogP contribution in [0.2, 0.25) is 0 Å². The Morgan fingerprint density at radius 2 is 1.27 bits per heavy atom. The number of phenolic OH excluding ortho intramolecular Hbond substituents is 2. The Bertz CT molecular complexity index is 644. The van der Waals surface area contributed by atoms with Crippen LogP contribution in [0.3, 0.4) is 0 Å². The lowest BCUT2D eigenvalue weighted by molar-refractivity contribution is -0.120. The molecule has 0 aliphatic rings. The van der Waals surface area contributed by atoms with Crippen LogP contribution >= 0.6 is 0 Å². The normalized spacial score (nSPS) is 13.1. The zero-order valence-corrected chi connectivity index (χ0v) is 12.1. The van der Waals surface area contributed by atoms with Gasteiger partial charge in [-0.25, -0.2) is 0 Å². The first-order valence-electron chi connectivity index (χ1n) is 6.93. The predicted molar refractivity (Wildman–Crippen MR) is 87.1 cm³/mol. The highest BCUT2D eigenvalue weighted by Crippen LogP contribution is 2.30. The minimum absolute atomic E-state index is 0.102. The molecular weight excluding hydrogens is 276 g/mol. The summed E-state index contributed by atoms with van der Waals surface area (Å²) in [5, 5.41) is 19.2. The molecule has 0 amide bonds. The van der Waals surface area contributed by atoms with Crippen LogP contribution in [0.1, 0.15) is 23.0 Å². The molecule has 0 spiro atoms. The lowest BCUT2D eigenvalue weighted by atomic mass is 9.83. The summed E-state index contributed by atoms with van der Waals surface area (Å²) in [6.07, 6.45) is 3.10. The van der Waals surface area contributed by atoms with Crippen LogP contribution in [0.15, 0.2) is 73.8 Å². The summed E-state index contributed by atoms with van der Waals surface area (Å²) in [5.41, 5.74) is 1.35. The van der Waals surface area contributed by atoms with E-state index in [1.165, 1.54) is 0 Å². The molecule has 0 heterocycles. The molecule has 2 rings (SSSR count). The lowest BCUT2D eigenvalue weighted by Crippen LogP contribution is -2.18. The number of rotatable bonds is 6. The molecule has 0 aliphatic heterocycles. The third-order valence-corrected chi connectivity index (χ3v) is 3.54. The van der Waals surface area contributed by atoms with Gasteiger partial charge in [-0.1, -0.05) is 36.4 Å². The van der Waals surface area contributed by atoms with Crippen LogP contribution in [0.5, 0.6) is 11.5 Å². The standard InChI is InChI=1S/C19H18O3/c1-3-17(13-7-5-9-15(20)11-13)19(22)18(4-2)14-8-6-10-16(21)12-14/h3-12,17-18,20-21H,1-2H2. The number of benzene rings is 2. The Balaban J connectivity index is 2.37. The summed E-state index contributed by atoms with van der Waals surface area (Å²) in [4.78, 5) is 12.8. The summed E-state index contributed by atoms with van der Waals surface area (Å²) in [5.74, 6) is -1.02. The van der Waals surface area contributed by atoms with Crippen molar-refractivity contribution in [2.45, 2.75) is 11.8 Å². The van der Waals surface area contributed by atoms with Crippen LogP contribution in [-0.4, -0.2) is 16.0 Å². The van der Waals surface area contributed by atoms with Gasteiger partial charge in [-0.05, 0) is 35.4 Å². The van der Waals surface area contributed by atoms with Crippen molar-refractivity contribution in [3.05, 3.63) is 85.0 Å². The molecule has 2 aromatic rings. The predicted octanol–water partition coefficient (Wildman–Crippen LogP) is 3.91. The number of Topliss-reactive ketones (excluding diaryl/α,β-unsaturated/α-hetero) is 1. The van der Waals surface area contributed by atoms with Crippen molar-refractivity contribution in [3.8, 4) is 11.5 Å². The van der Waals surface area contributed by atoms with Gasteiger partial charge in [0, 0.05) is 0 Å². The van der Waals surface area contributed by atoms with Crippen molar-refractivity contribution in [2.24, 2.45) is 0 Å². The summed E-state index contributed by atoms with van der Waals surface area (Å²) in [7, 11) is 0. The Labute approximate surface area is 129 Å². The van der Waals surface area contributed by atoms with Gasteiger partial charge in [0.1, 0.15) is 11.5 Å². The van der Waals surface area contributed by atoms with Gasteiger partial charge >= 0.3 is 0 Å².